The molecule has 264 valence electrons. The molecule has 5 rings (SSSR count). The second-order valence-electron chi connectivity index (χ2n) is 12.6. The number of rotatable bonds is 10. The highest BCUT2D eigenvalue weighted by molar-refractivity contribution is 6.00. The number of aliphatic hydroxyl groups is 1. The predicted octanol–water partition coefficient (Wildman–Crippen LogP) is 7.42. The number of amides is 3. The summed E-state index contributed by atoms with van der Waals surface area (Å²) in [6.45, 7) is 5.16. The zero-order valence-corrected chi connectivity index (χ0v) is 28.1. The fourth-order valence-electron chi connectivity index (χ4n) is 5.73. The number of urea groups is 1. The van der Waals surface area contributed by atoms with Crippen molar-refractivity contribution < 1.29 is 37.3 Å². The average molecular weight is 691 g/mol. The topological polar surface area (TPSA) is 103 Å². The van der Waals surface area contributed by atoms with Gasteiger partial charge in [0.25, 0.3) is 0 Å². The summed E-state index contributed by atoms with van der Waals surface area (Å²) >= 11 is 0. The van der Waals surface area contributed by atoms with Gasteiger partial charge in [-0.05, 0) is 86.3 Å². The van der Waals surface area contributed by atoms with Gasteiger partial charge in [-0.2, -0.15) is 13.2 Å². The molecule has 0 saturated carbocycles. The van der Waals surface area contributed by atoms with Crippen LogP contribution in [0.1, 0.15) is 30.5 Å². The Morgan fingerprint density at radius 3 is 2.28 bits per heavy atom. The van der Waals surface area contributed by atoms with Gasteiger partial charge in [-0.25, -0.2) is 4.79 Å². The van der Waals surface area contributed by atoms with E-state index in [-0.39, 0.29) is 36.6 Å². The number of nitrogens with zero attached hydrogens (tertiary/aromatic N) is 2. The third-order valence-corrected chi connectivity index (χ3v) is 8.49. The number of aliphatic hydroxyl groups excluding tert-OH is 1. The first-order valence-electron chi connectivity index (χ1n) is 16.3. The number of carbonyl (C=O) groups is 2. The van der Waals surface area contributed by atoms with Crippen LogP contribution in [0.2, 0.25) is 0 Å². The van der Waals surface area contributed by atoms with Gasteiger partial charge in [0.05, 0.1) is 24.6 Å². The maximum atomic E-state index is 13.6. The van der Waals surface area contributed by atoms with Crippen LogP contribution in [-0.4, -0.2) is 65.7 Å². The number of fused-ring (bicyclic) bond motifs is 1. The van der Waals surface area contributed by atoms with Crippen molar-refractivity contribution in [2.24, 2.45) is 5.92 Å². The highest BCUT2D eigenvalue weighted by Gasteiger charge is 2.32. The minimum absolute atomic E-state index is 0.0254. The van der Waals surface area contributed by atoms with Crippen LogP contribution in [0, 0.1) is 5.92 Å². The third kappa shape index (κ3) is 9.76. The molecule has 0 aliphatic carbocycles. The molecule has 1 aliphatic rings. The lowest BCUT2D eigenvalue weighted by Crippen LogP contribution is -2.47. The van der Waals surface area contributed by atoms with E-state index in [2.05, 4.69) is 15.5 Å². The Hall–Kier alpha value is -5.07. The number of hydrogen-bond donors (Lipinski definition) is 3. The van der Waals surface area contributed by atoms with Gasteiger partial charge in [-0.1, -0.05) is 37.3 Å². The van der Waals surface area contributed by atoms with Crippen molar-refractivity contribution in [1.82, 2.24) is 9.80 Å². The Balaban J connectivity index is 1.29. The first kappa shape index (κ1) is 36.2. The molecule has 3 N–H and O–H groups in total. The summed E-state index contributed by atoms with van der Waals surface area (Å²) in [6, 6.07) is 25.5. The molecule has 4 aromatic rings. The highest BCUT2D eigenvalue weighted by atomic mass is 19.4. The van der Waals surface area contributed by atoms with Crippen LogP contribution in [-0.2, 0) is 23.9 Å². The smallest absolute Gasteiger partial charge is 0.416 e. The van der Waals surface area contributed by atoms with Crippen molar-refractivity contribution in [2.75, 3.05) is 37.4 Å². The number of carbonyl (C=O) groups excluding carboxylic acids is 2. The van der Waals surface area contributed by atoms with Crippen LogP contribution in [0.3, 0.4) is 0 Å². The minimum Gasteiger partial charge on any atom is -0.488 e. The third-order valence-electron chi connectivity index (χ3n) is 8.49. The second-order valence-corrected chi connectivity index (χ2v) is 12.6. The maximum absolute atomic E-state index is 13.6. The maximum Gasteiger partial charge on any atom is 0.416 e. The molecule has 0 spiro atoms. The molecular formula is C38H41F3N4O5. The van der Waals surface area contributed by atoms with Gasteiger partial charge in [0, 0.05) is 42.5 Å². The molecule has 0 radical (unpaired) electrons. The van der Waals surface area contributed by atoms with Crippen molar-refractivity contribution in [3.8, 4) is 17.2 Å². The standard InChI is InChI=1S/C38H41F3N4O5/c1-25-21-45(26(2)24-46)36(47)20-28-19-31(43-37(48)42-30-13-11-29(12-14-30)38(39,40)41)15-18-34(28)50-35(25)23-44(3)22-27-9-16-33(17-10-27)49-32-7-5-4-6-8-32/h4-19,25-26,35,46H,20-24H2,1-3H3,(H2,42,43,48)/t25-,26+,35-/m1/s1. The Morgan fingerprint density at radius 2 is 1.62 bits per heavy atom. The number of para-hydroxylation sites is 1. The number of halogens is 3. The normalized spacial score (nSPS) is 17.1. The van der Waals surface area contributed by atoms with E-state index in [0.29, 0.717) is 36.6 Å². The fourth-order valence-corrected chi connectivity index (χ4v) is 5.73. The molecule has 0 aromatic heterocycles. The van der Waals surface area contributed by atoms with E-state index in [1.165, 1.54) is 12.1 Å². The number of benzene rings is 4. The van der Waals surface area contributed by atoms with Crippen molar-refractivity contribution in [1.29, 1.82) is 0 Å². The molecule has 9 nitrogen and oxygen atoms in total. The Labute approximate surface area is 289 Å². The molecular weight excluding hydrogens is 649 g/mol. The molecule has 3 amide bonds. The first-order chi connectivity index (χ1) is 23.9. The highest BCUT2D eigenvalue weighted by Crippen LogP contribution is 2.31. The monoisotopic (exact) mass is 690 g/mol. The van der Waals surface area contributed by atoms with Crippen molar-refractivity contribution in [3.63, 3.8) is 0 Å². The molecule has 12 heteroatoms. The van der Waals surface area contributed by atoms with Gasteiger partial charge in [-0.15, -0.1) is 0 Å². The molecule has 1 aliphatic heterocycles. The number of likely N-dealkylation sites (N-methyl/N-ethyl adjacent to an activating group) is 1. The van der Waals surface area contributed by atoms with Gasteiger partial charge in [0.15, 0.2) is 0 Å². The molecule has 0 unspecified atom stereocenters. The van der Waals surface area contributed by atoms with E-state index in [9.17, 15) is 27.9 Å². The molecule has 0 saturated heterocycles. The molecule has 0 fully saturated rings. The lowest BCUT2D eigenvalue weighted by molar-refractivity contribution is -0.137. The summed E-state index contributed by atoms with van der Waals surface area (Å²) in [5.74, 6) is 1.70. The lowest BCUT2D eigenvalue weighted by Gasteiger charge is -2.34. The van der Waals surface area contributed by atoms with Gasteiger partial charge < -0.3 is 30.1 Å². The van der Waals surface area contributed by atoms with Crippen molar-refractivity contribution in [2.45, 2.75) is 45.1 Å². The lowest BCUT2D eigenvalue weighted by atomic mass is 10.0. The Kier molecular flexibility index (Phi) is 11.7. The zero-order valence-electron chi connectivity index (χ0n) is 28.1. The second kappa shape index (κ2) is 16.1. The average Bonchev–Trinajstić information content (AvgIpc) is 3.12. The summed E-state index contributed by atoms with van der Waals surface area (Å²) < 4.78 is 51.3. The van der Waals surface area contributed by atoms with Crippen LogP contribution in [0.5, 0.6) is 17.2 Å². The van der Waals surface area contributed by atoms with Gasteiger partial charge in [0.2, 0.25) is 5.91 Å². The van der Waals surface area contributed by atoms with Crippen molar-refractivity contribution >= 4 is 23.3 Å². The summed E-state index contributed by atoms with van der Waals surface area (Å²) in [4.78, 5) is 30.1. The van der Waals surface area contributed by atoms with E-state index in [4.69, 9.17) is 9.47 Å². The molecule has 1 heterocycles. The number of anilines is 2. The van der Waals surface area contributed by atoms with Crippen LogP contribution in [0.25, 0.3) is 0 Å². The molecule has 0 bridgehead atoms. The van der Waals surface area contributed by atoms with E-state index in [0.717, 1.165) is 29.2 Å². The SMILES string of the molecule is C[C@@H]1CN([C@@H](C)CO)C(=O)Cc2cc(NC(=O)Nc3ccc(C(F)(F)F)cc3)ccc2O[C@@H]1CN(C)Cc1ccc(Oc2ccccc2)cc1. The largest absolute Gasteiger partial charge is 0.488 e. The van der Waals surface area contributed by atoms with Gasteiger partial charge in [0.1, 0.15) is 23.4 Å². The summed E-state index contributed by atoms with van der Waals surface area (Å²) in [5, 5.41) is 15.2. The van der Waals surface area contributed by atoms with Crippen LogP contribution < -0.4 is 20.1 Å². The fraction of sp³-hybridized carbons (Fsp3) is 0.316. The van der Waals surface area contributed by atoms with E-state index in [1.54, 1.807) is 30.0 Å². The van der Waals surface area contributed by atoms with Gasteiger partial charge in [-0.3, -0.25) is 9.69 Å². The van der Waals surface area contributed by atoms with Crippen LogP contribution >= 0.6 is 0 Å². The predicted molar refractivity (Wildman–Crippen MR) is 185 cm³/mol. The van der Waals surface area contributed by atoms with E-state index < -0.39 is 23.8 Å². The van der Waals surface area contributed by atoms with Gasteiger partial charge >= 0.3 is 12.2 Å². The van der Waals surface area contributed by atoms with Crippen molar-refractivity contribution in [3.05, 3.63) is 114 Å². The summed E-state index contributed by atoms with van der Waals surface area (Å²) in [7, 11) is 2.00. The molecule has 3 atom stereocenters. The van der Waals surface area contributed by atoms with E-state index in [1.807, 2.05) is 68.6 Å². The summed E-state index contributed by atoms with van der Waals surface area (Å²) in [6.07, 6.45) is -4.84. The first-order valence-corrected chi connectivity index (χ1v) is 16.3. The van der Waals surface area contributed by atoms with E-state index >= 15 is 0 Å². The zero-order chi connectivity index (χ0) is 35.8. The number of alkyl halides is 3. The Bertz CT molecular complexity index is 1740. The molecule has 50 heavy (non-hydrogen) atoms. The number of nitrogens with one attached hydrogen (secondary N) is 2. The number of ether oxygens (including phenoxy) is 2. The van der Waals surface area contributed by atoms with Crippen LogP contribution in [0.4, 0.5) is 29.3 Å². The molecule has 4 aromatic carbocycles. The van der Waals surface area contributed by atoms with Crippen LogP contribution in [0.15, 0.2) is 97.1 Å². The quantitative estimate of drug-likeness (QED) is 0.160. The summed E-state index contributed by atoms with van der Waals surface area (Å²) in [5.41, 5.74) is 1.36. The minimum atomic E-state index is -4.48. The number of hydrogen-bond acceptors (Lipinski definition) is 6. The Morgan fingerprint density at radius 1 is 0.980 bits per heavy atom.